The highest BCUT2D eigenvalue weighted by atomic mass is 16.5. The number of nitrogens with zero attached hydrogens (tertiary/aromatic N) is 1. The van der Waals surface area contributed by atoms with E-state index in [1.807, 2.05) is 6.92 Å². The Balaban J connectivity index is 2.62. The summed E-state index contributed by atoms with van der Waals surface area (Å²) in [6.45, 7) is 4.79. The summed E-state index contributed by atoms with van der Waals surface area (Å²) in [7, 11) is 0. The van der Waals surface area contributed by atoms with E-state index in [9.17, 15) is 4.79 Å². The summed E-state index contributed by atoms with van der Waals surface area (Å²) in [4.78, 5) is 15.3. The molecule has 1 rings (SSSR count). The molecule has 90 valence electrons. The quantitative estimate of drug-likeness (QED) is 0.584. The number of aromatic nitrogens is 1. The predicted molar refractivity (Wildman–Crippen MR) is 56.8 cm³/mol. The molecule has 1 heterocycles. The lowest BCUT2D eigenvalue weighted by Crippen LogP contribution is -2.07. The molecule has 0 saturated heterocycles. The van der Waals surface area contributed by atoms with Gasteiger partial charge in [0.1, 0.15) is 6.61 Å². The summed E-state index contributed by atoms with van der Waals surface area (Å²) < 4.78 is 15.0. The Morgan fingerprint density at radius 1 is 1.50 bits per heavy atom. The molecule has 2 N–H and O–H groups in total. The number of ether oxygens (including phenoxy) is 2. The van der Waals surface area contributed by atoms with Crippen LogP contribution in [0.2, 0.25) is 0 Å². The maximum atomic E-state index is 11.3. The summed E-state index contributed by atoms with van der Waals surface area (Å²) >= 11 is 0. The summed E-state index contributed by atoms with van der Waals surface area (Å²) in [5, 5.41) is 0. The van der Waals surface area contributed by atoms with Crippen LogP contribution in [-0.4, -0.2) is 24.2 Å². The summed E-state index contributed by atoms with van der Waals surface area (Å²) in [5.74, 6) is -0.326. The van der Waals surface area contributed by atoms with E-state index in [2.05, 4.69) is 4.98 Å². The Kier molecular flexibility index (Phi) is 4.78. The van der Waals surface area contributed by atoms with Crippen LogP contribution in [0, 0.1) is 0 Å². The Hall–Kier alpha value is -1.56. The number of nitrogens with two attached hydrogens (primary N) is 1. The van der Waals surface area contributed by atoms with Crippen LogP contribution in [0.5, 0.6) is 0 Å². The van der Waals surface area contributed by atoms with Crippen molar-refractivity contribution >= 4 is 11.9 Å². The van der Waals surface area contributed by atoms with Gasteiger partial charge in [0.25, 0.3) is 0 Å². The fraction of sp³-hybridized carbons (Fsp3) is 0.600. The van der Waals surface area contributed by atoms with Gasteiger partial charge in [-0.2, -0.15) is 0 Å². The van der Waals surface area contributed by atoms with Crippen molar-refractivity contribution in [2.24, 2.45) is 0 Å². The highest BCUT2D eigenvalue weighted by molar-refractivity contribution is 5.91. The molecule has 0 saturated carbocycles. The van der Waals surface area contributed by atoms with Crippen molar-refractivity contribution in [3.63, 3.8) is 0 Å². The van der Waals surface area contributed by atoms with Gasteiger partial charge in [-0.3, -0.25) is 0 Å². The van der Waals surface area contributed by atoms with Crippen molar-refractivity contribution in [3.05, 3.63) is 11.6 Å². The zero-order chi connectivity index (χ0) is 12.0. The topological polar surface area (TPSA) is 87.6 Å². The van der Waals surface area contributed by atoms with Crippen molar-refractivity contribution < 1.29 is 18.7 Å². The number of rotatable bonds is 6. The maximum absolute atomic E-state index is 11.3. The zero-order valence-electron chi connectivity index (χ0n) is 9.49. The number of hydrogen-bond donors (Lipinski definition) is 1. The molecule has 0 fully saturated rings. The van der Waals surface area contributed by atoms with Crippen LogP contribution in [0.3, 0.4) is 0 Å². The first kappa shape index (κ1) is 12.5. The monoisotopic (exact) mass is 228 g/mol. The number of oxazole rings is 1. The maximum Gasteiger partial charge on any atom is 0.362 e. The zero-order valence-corrected chi connectivity index (χ0v) is 9.49. The van der Waals surface area contributed by atoms with Gasteiger partial charge in [0, 0.05) is 6.61 Å². The third kappa shape index (κ3) is 3.23. The van der Waals surface area contributed by atoms with Crippen LogP contribution in [0.25, 0.3) is 0 Å². The molecule has 0 spiro atoms. The van der Waals surface area contributed by atoms with E-state index in [4.69, 9.17) is 19.6 Å². The van der Waals surface area contributed by atoms with Crippen LogP contribution in [0.15, 0.2) is 4.42 Å². The number of esters is 1. The fourth-order valence-corrected chi connectivity index (χ4v) is 1.09. The minimum Gasteiger partial charge on any atom is -0.461 e. The molecule has 0 aliphatic rings. The Morgan fingerprint density at radius 3 is 2.88 bits per heavy atom. The molecule has 1 aromatic rings. The predicted octanol–water partition coefficient (Wildman–Crippen LogP) is 1.36. The summed E-state index contributed by atoms with van der Waals surface area (Å²) in [6.07, 6.45) is 0.904. The second-order valence-corrected chi connectivity index (χ2v) is 3.09. The van der Waals surface area contributed by atoms with E-state index in [0.717, 1.165) is 6.42 Å². The smallest absolute Gasteiger partial charge is 0.362 e. The van der Waals surface area contributed by atoms with Gasteiger partial charge < -0.3 is 19.6 Å². The fourth-order valence-electron chi connectivity index (χ4n) is 1.09. The van der Waals surface area contributed by atoms with Crippen LogP contribution in [0.1, 0.15) is 36.6 Å². The minimum atomic E-state index is -0.578. The molecule has 1 aromatic heterocycles. The molecule has 0 bridgehead atoms. The molecular weight excluding hydrogens is 212 g/mol. The molecule has 6 heteroatoms. The SMILES string of the molecule is CCCOCc1nc(C(=O)OCC)c(N)o1. The lowest BCUT2D eigenvalue weighted by Gasteiger charge is -1.96. The summed E-state index contributed by atoms with van der Waals surface area (Å²) in [6, 6.07) is 0. The van der Waals surface area contributed by atoms with Crippen molar-refractivity contribution in [3.8, 4) is 0 Å². The third-order valence-corrected chi connectivity index (χ3v) is 1.74. The van der Waals surface area contributed by atoms with Gasteiger partial charge in [-0.05, 0) is 13.3 Å². The minimum absolute atomic E-state index is 0.0111. The van der Waals surface area contributed by atoms with E-state index in [-0.39, 0.29) is 30.7 Å². The van der Waals surface area contributed by atoms with Gasteiger partial charge in [-0.1, -0.05) is 6.92 Å². The van der Waals surface area contributed by atoms with E-state index >= 15 is 0 Å². The first-order valence-electron chi connectivity index (χ1n) is 5.19. The van der Waals surface area contributed by atoms with Gasteiger partial charge in [0.2, 0.25) is 17.5 Å². The number of nitrogen functional groups attached to an aromatic ring is 1. The van der Waals surface area contributed by atoms with Crippen molar-refractivity contribution in [2.75, 3.05) is 18.9 Å². The van der Waals surface area contributed by atoms with Crippen molar-refractivity contribution in [1.82, 2.24) is 4.98 Å². The molecule has 0 radical (unpaired) electrons. The Bertz CT molecular complexity index is 349. The number of anilines is 1. The summed E-state index contributed by atoms with van der Waals surface area (Å²) in [5.41, 5.74) is 5.50. The first-order chi connectivity index (χ1) is 7.69. The van der Waals surface area contributed by atoms with E-state index < -0.39 is 5.97 Å². The van der Waals surface area contributed by atoms with E-state index in [1.165, 1.54) is 0 Å². The van der Waals surface area contributed by atoms with Gasteiger partial charge in [0.15, 0.2) is 0 Å². The lowest BCUT2D eigenvalue weighted by atomic mass is 10.4. The van der Waals surface area contributed by atoms with Crippen molar-refractivity contribution in [1.29, 1.82) is 0 Å². The number of carbonyl (C=O) groups is 1. The van der Waals surface area contributed by atoms with Crippen LogP contribution in [0.4, 0.5) is 5.88 Å². The average Bonchev–Trinajstić information content (AvgIpc) is 2.61. The normalized spacial score (nSPS) is 10.4. The largest absolute Gasteiger partial charge is 0.461 e. The first-order valence-corrected chi connectivity index (χ1v) is 5.19. The van der Waals surface area contributed by atoms with Gasteiger partial charge in [-0.25, -0.2) is 9.78 Å². The molecule has 0 aliphatic carbocycles. The molecule has 0 aliphatic heterocycles. The second kappa shape index (κ2) is 6.12. The lowest BCUT2D eigenvalue weighted by molar-refractivity contribution is 0.0520. The molecule has 0 unspecified atom stereocenters. The third-order valence-electron chi connectivity index (χ3n) is 1.74. The van der Waals surface area contributed by atoms with Gasteiger partial charge >= 0.3 is 5.97 Å². The molecule has 0 atom stereocenters. The van der Waals surface area contributed by atoms with Crippen LogP contribution >= 0.6 is 0 Å². The van der Waals surface area contributed by atoms with Crippen LogP contribution < -0.4 is 5.73 Å². The molecule has 6 nitrogen and oxygen atoms in total. The van der Waals surface area contributed by atoms with Gasteiger partial charge in [0.05, 0.1) is 6.61 Å². The van der Waals surface area contributed by atoms with E-state index in [0.29, 0.717) is 6.61 Å². The average molecular weight is 228 g/mol. The van der Waals surface area contributed by atoms with Crippen molar-refractivity contribution in [2.45, 2.75) is 26.9 Å². The number of carbonyl (C=O) groups excluding carboxylic acids is 1. The molecular formula is C10H16N2O4. The molecule has 0 aromatic carbocycles. The Morgan fingerprint density at radius 2 is 2.25 bits per heavy atom. The Labute approximate surface area is 93.7 Å². The highest BCUT2D eigenvalue weighted by Crippen LogP contribution is 2.15. The molecule has 16 heavy (non-hydrogen) atoms. The van der Waals surface area contributed by atoms with Crippen LogP contribution in [-0.2, 0) is 16.1 Å². The second-order valence-electron chi connectivity index (χ2n) is 3.09. The number of hydrogen-bond acceptors (Lipinski definition) is 6. The van der Waals surface area contributed by atoms with E-state index in [1.54, 1.807) is 6.92 Å². The van der Waals surface area contributed by atoms with Gasteiger partial charge in [-0.15, -0.1) is 0 Å². The molecule has 0 amide bonds. The standard InChI is InChI=1S/C10H16N2O4/c1-3-5-14-6-7-12-8(9(11)16-7)10(13)15-4-2/h3-6,11H2,1-2H3. The highest BCUT2D eigenvalue weighted by Gasteiger charge is 2.18.